The predicted octanol–water partition coefficient (Wildman–Crippen LogP) is 3.61. The van der Waals surface area contributed by atoms with Crippen molar-refractivity contribution < 1.29 is 5.11 Å². The van der Waals surface area contributed by atoms with Crippen molar-refractivity contribution in [2.24, 2.45) is 11.8 Å². The second kappa shape index (κ2) is 7.37. The van der Waals surface area contributed by atoms with Crippen LogP contribution < -0.4 is 0 Å². The molecule has 0 radical (unpaired) electrons. The van der Waals surface area contributed by atoms with Crippen LogP contribution in [0.25, 0.3) is 0 Å². The van der Waals surface area contributed by atoms with Crippen molar-refractivity contribution in [3.8, 4) is 0 Å². The molecule has 0 aliphatic heterocycles. The van der Waals surface area contributed by atoms with Crippen LogP contribution in [0.15, 0.2) is 0 Å². The van der Waals surface area contributed by atoms with E-state index < -0.39 is 0 Å². The number of aliphatic hydroxyl groups is 1. The van der Waals surface area contributed by atoms with Gasteiger partial charge in [0.05, 0.1) is 6.10 Å². The topological polar surface area (TPSA) is 20.2 Å². The lowest BCUT2D eigenvalue weighted by Crippen LogP contribution is -2.07. The summed E-state index contributed by atoms with van der Waals surface area (Å²) < 4.78 is 0. The van der Waals surface area contributed by atoms with Crippen molar-refractivity contribution in [1.29, 1.82) is 0 Å². The van der Waals surface area contributed by atoms with E-state index in [-0.39, 0.29) is 6.10 Å². The minimum absolute atomic E-state index is 0.126. The maximum atomic E-state index is 9.18. The van der Waals surface area contributed by atoms with Gasteiger partial charge in [-0.15, -0.1) is 0 Å². The van der Waals surface area contributed by atoms with Crippen molar-refractivity contribution in [1.82, 2.24) is 0 Å². The Hall–Kier alpha value is -0.0400. The zero-order valence-electron chi connectivity index (χ0n) is 9.71. The summed E-state index contributed by atoms with van der Waals surface area (Å²) in [7, 11) is 0. The van der Waals surface area contributed by atoms with Crippen LogP contribution in [0, 0.1) is 11.8 Å². The molecule has 0 aromatic carbocycles. The Morgan fingerprint density at radius 2 is 1.54 bits per heavy atom. The molecule has 0 aromatic rings. The average Bonchev–Trinajstić information content (AvgIpc) is 2.02. The Bertz CT molecular complexity index is 110. The maximum Gasteiger partial charge on any atom is 0.0514 e. The molecule has 1 heteroatoms. The first-order valence-corrected chi connectivity index (χ1v) is 5.74. The molecule has 0 amide bonds. The van der Waals surface area contributed by atoms with Gasteiger partial charge in [0.2, 0.25) is 0 Å². The van der Waals surface area contributed by atoms with Crippen LogP contribution in [0.2, 0.25) is 0 Å². The van der Waals surface area contributed by atoms with Crippen LogP contribution >= 0.6 is 0 Å². The molecule has 1 nitrogen and oxygen atoms in total. The fraction of sp³-hybridized carbons (Fsp3) is 1.00. The first kappa shape index (κ1) is 13.0. The van der Waals surface area contributed by atoms with E-state index in [1.54, 1.807) is 0 Å². The van der Waals surface area contributed by atoms with Gasteiger partial charge in [0.1, 0.15) is 0 Å². The average molecular weight is 186 g/mol. The molecule has 0 heterocycles. The fourth-order valence-corrected chi connectivity index (χ4v) is 1.72. The lowest BCUT2D eigenvalue weighted by Gasteiger charge is -2.14. The highest BCUT2D eigenvalue weighted by atomic mass is 16.3. The summed E-state index contributed by atoms with van der Waals surface area (Å²) in [6.45, 7) is 8.69. The number of hydrogen-bond donors (Lipinski definition) is 1. The summed E-state index contributed by atoms with van der Waals surface area (Å²) >= 11 is 0. The molecule has 0 spiro atoms. The standard InChI is InChI=1S/C12H26O/c1-5-10(2)7-6-8-11(3)9-12(4)13/h10-13H,5-9H2,1-4H3. The van der Waals surface area contributed by atoms with E-state index in [1.165, 1.54) is 25.7 Å². The Morgan fingerprint density at radius 1 is 1.00 bits per heavy atom. The molecule has 0 saturated carbocycles. The summed E-state index contributed by atoms with van der Waals surface area (Å²) in [4.78, 5) is 0. The summed E-state index contributed by atoms with van der Waals surface area (Å²) in [5, 5.41) is 9.18. The lowest BCUT2D eigenvalue weighted by atomic mass is 9.94. The van der Waals surface area contributed by atoms with Crippen molar-refractivity contribution in [3.05, 3.63) is 0 Å². The third-order valence-corrected chi connectivity index (χ3v) is 2.83. The van der Waals surface area contributed by atoms with Gasteiger partial charge in [-0.1, -0.05) is 46.5 Å². The third-order valence-electron chi connectivity index (χ3n) is 2.83. The SMILES string of the molecule is CCC(C)CCCC(C)CC(C)O. The predicted molar refractivity (Wildman–Crippen MR) is 58.8 cm³/mol. The maximum absolute atomic E-state index is 9.18. The second-order valence-corrected chi connectivity index (χ2v) is 4.63. The Labute approximate surface area is 83.5 Å². The molecule has 0 aliphatic rings. The summed E-state index contributed by atoms with van der Waals surface area (Å²) in [5.74, 6) is 1.56. The van der Waals surface area contributed by atoms with E-state index in [9.17, 15) is 5.11 Å². The Morgan fingerprint density at radius 3 is 2.00 bits per heavy atom. The minimum atomic E-state index is -0.126. The normalized spacial score (nSPS) is 18.2. The van der Waals surface area contributed by atoms with E-state index >= 15 is 0 Å². The van der Waals surface area contributed by atoms with Crippen LogP contribution in [0.3, 0.4) is 0 Å². The smallest absolute Gasteiger partial charge is 0.0514 e. The number of rotatable bonds is 7. The molecule has 13 heavy (non-hydrogen) atoms. The van der Waals surface area contributed by atoms with Crippen molar-refractivity contribution in [2.45, 2.75) is 65.9 Å². The molecule has 1 N–H and O–H groups in total. The van der Waals surface area contributed by atoms with Crippen LogP contribution in [0.4, 0.5) is 0 Å². The molecule has 0 rings (SSSR count). The molecule has 0 fully saturated rings. The summed E-state index contributed by atoms with van der Waals surface area (Å²) in [5.41, 5.74) is 0. The molecular weight excluding hydrogens is 160 g/mol. The largest absolute Gasteiger partial charge is 0.393 e. The van der Waals surface area contributed by atoms with Crippen molar-refractivity contribution in [2.75, 3.05) is 0 Å². The Balaban J connectivity index is 3.31. The highest BCUT2D eigenvalue weighted by molar-refractivity contribution is 4.59. The van der Waals surface area contributed by atoms with Gasteiger partial charge in [-0.2, -0.15) is 0 Å². The van der Waals surface area contributed by atoms with Gasteiger partial charge in [0, 0.05) is 0 Å². The highest BCUT2D eigenvalue weighted by Gasteiger charge is 2.06. The lowest BCUT2D eigenvalue weighted by molar-refractivity contribution is 0.160. The molecule has 0 aliphatic carbocycles. The van der Waals surface area contributed by atoms with E-state index in [0.29, 0.717) is 5.92 Å². The van der Waals surface area contributed by atoms with Crippen molar-refractivity contribution in [3.63, 3.8) is 0 Å². The Kier molecular flexibility index (Phi) is 7.35. The fourth-order valence-electron chi connectivity index (χ4n) is 1.72. The van der Waals surface area contributed by atoms with E-state index in [0.717, 1.165) is 12.3 Å². The molecular formula is C12H26O. The van der Waals surface area contributed by atoms with Gasteiger partial charge in [-0.25, -0.2) is 0 Å². The number of aliphatic hydroxyl groups excluding tert-OH is 1. The molecule has 3 atom stereocenters. The molecule has 80 valence electrons. The minimum Gasteiger partial charge on any atom is -0.393 e. The number of hydrogen-bond acceptors (Lipinski definition) is 1. The van der Waals surface area contributed by atoms with Crippen LogP contribution in [-0.2, 0) is 0 Å². The second-order valence-electron chi connectivity index (χ2n) is 4.63. The zero-order chi connectivity index (χ0) is 10.3. The van der Waals surface area contributed by atoms with Gasteiger partial charge < -0.3 is 5.11 Å². The zero-order valence-corrected chi connectivity index (χ0v) is 9.71. The van der Waals surface area contributed by atoms with E-state index in [1.807, 2.05) is 6.92 Å². The van der Waals surface area contributed by atoms with Gasteiger partial charge in [0.25, 0.3) is 0 Å². The van der Waals surface area contributed by atoms with Crippen LogP contribution in [0.5, 0.6) is 0 Å². The molecule has 3 unspecified atom stereocenters. The summed E-state index contributed by atoms with van der Waals surface area (Å²) in [6, 6.07) is 0. The van der Waals surface area contributed by atoms with Crippen LogP contribution in [-0.4, -0.2) is 11.2 Å². The van der Waals surface area contributed by atoms with E-state index in [2.05, 4.69) is 20.8 Å². The van der Waals surface area contributed by atoms with Crippen LogP contribution in [0.1, 0.15) is 59.8 Å². The first-order valence-electron chi connectivity index (χ1n) is 5.74. The molecule has 0 saturated heterocycles. The van der Waals surface area contributed by atoms with Gasteiger partial charge >= 0.3 is 0 Å². The van der Waals surface area contributed by atoms with Crippen molar-refractivity contribution >= 4 is 0 Å². The summed E-state index contributed by atoms with van der Waals surface area (Å²) in [6.07, 6.45) is 6.07. The van der Waals surface area contributed by atoms with E-state index in [4.69, 9.17) is 0 Å². The molecule has 0 aromatic heterocycles. The highest BCUT2D eigenvalue weighted by Crippen LogP contribution is 2.17. The van der Waals surface area contributed by atoms with Gasteiger partial charge in [-0.3, -0.25) is 0 Å². The molecule has 0 bridgehead atoms. The van der Waals surface area contributed by atoms with Gasteiger partial charge in [-0.05, 0) is 25.2 Å². The monoisotopic (exact) mass is 186 g/mol. The quantitative estimate of drug-likeness (QED) is 0.644. The first-order chi connectivity index (χ1) is 6.06. The van der Waals surface area contributed by atoms with Gasteiger partial charge in [0.15, 0.2) is 0 Å². The third kappa shape index (κ3) is 8.29.